The molecule has 2 N–H and O–H groups in total. The van der Waals surface area contributed by atoms with Crippen LogP contribution >= 0.6 is 0 Å². The first-order valence-electron chi connectivity index (χ1n) is 5.28. The van der Waals surface area contributed by atoms with Crippen molar-refractivity contribution in [3.05, 3.63) is 29.8 Å². The summed E-state index contributed by atoms with van der Waals surface area (Å²) in [4.78, 5) is 13.4. The van der Waals surface area contributed by atoms with Crippen molar-refractivity contribution in [2.24, 2.45) is 5.73 Å². The Morgan fingerprint density at radius 3 is 2.80 bits per heavy atom. The molecule has 1 fully saturated rings. The molecule has 78 valence electrons. The second kappa shape index (κ2) is 2.61. The maximum absolute atomic E-state index is 11.5. The van der Waals surface area contributed by atoms with E-state index >= 15 is 0 Å². The molecule has 0 bridgehead atoms. The molecule has 15 heavy (non-hydrogen) atoms. The van der Waals surface area contributed by atoms with Crippen LogP contribution in [0.2, 0.25) is 0 Å². The van der Waals surface area contributed by atoms with Gasteiger partial charge < -0.3 is 10.6 Å². The van der Waals surface area contributed by atoms with Gasteiger partial charge in [-0.15, -0.1) is 0 Å². The standard InChI is InChI=1S/C12H14N2O/c1-8(15)14-7-12(6-11(12)13)9-4-2-3-5-10(9)14/h2-5,11H,6-7,13H2,1H3. The van der Waals surface area contributed by atoms with Crippen molar-refractivity contribution < 1.29 is 4.79 Å². The quantitative estimate of drug-likeness (QED) is 0.682. The minimum Gasteiger partial charge on any atom is -0.327 e. The van der Waals surface area contributed by atoms with E-state index in [0.29, 0.717) is 0 Å². The van der Waals surface area contributed by atoms with Gasteiger partial charge in [-0.25, -0.2) is 0 Å². The lowest BCUT2D eigenvalue weighted by atomic mass is 9.98. The van der Waals surface area contributed by atoms with Gasteiger partial charge in [-0.2, -0.15) is 0 Å². The maximum atomic E-state index is 11.5. The van der Waals surface area contributed by atoms with Crippen LogP contribution in [0.5, 0.6) is 0 Å². The number of hydrogen-bond donors (Lipinski definition) is 1. The van der Waals surface area contributed by atoms with E-state index in [9.17, 15) is 4.79 Å². The number of carbonyl (C=O) groups excluding carboxylic acids is 1. The van der Waals surface area contributed by atoms with Crippen LogP contribution in [0.15, 0.2) is 24.3 Å². The zero-order chi connectivity index (χ0) is 10.6. The monoisotopic (exact) mass is 202 g/mol. The molecular formula is C12H14N2O. The van der Waals surface area contributed by atoms with Crippen LogP contribution < -0.4 is 10.6 Å². The predicted octanol–water partition coefficient (Wildman–Crippen LogP) is 1.02. The molecule has 0 radical (unpaired) electrons. The Hall–Kier alpha value is -1.35. The third-order valence-corrected chi connectivity index (χ3v) is 3.69. The van der Waals surface area contributed by atoms with Gasteiger partial charge in [-0.3, -0.25) is 4.79 Å². The van der Waals surface area contributed by atoms with Crippen molar-refractivity contribution >= 4 is 11.6 Å². The number of fused-ring (bicyclic) bond motifs is 2. The summed E-state index contributed by atoms with van der Waals surface area (Å²) in [6.07, 6.45) is 1.01. The average molecular weight is 202 g/mol. The highest BCUT2D eigenvalue weighted by Gasteiger charge is 2.59. The molecule has 1 aromatic carbocycles. The molecule has 3 rings (SSSR count). The number of para-hydroxylation sites is 1. The van der Waals surface area contributed by atoms with Crippen molar-refractivity contribution in [3.63, 3.8) is 0 Å². The zero-order valence-corrected chi connectivity index (χ0v) is 8.73. The molecule has 2 unspecified atom stereocenters. The third kappa shape index (κ3) is 1.01. The van der Waals surface area contributed by atoms with Crippen LogP contribution in [0, 0.1) is 0 Å². The molecular weight excluding hydrogens is 188 g/mol. The molecule has 0 aromatic heterocycles. The molecule has 0 saturated heterocycles. The van der Waals surface area contributed by atoms with Crippen molar-refractivity contribution in [3.8, 4) is 0 Å². The fourth-order valence-electron chi connectivity index (χ4n) is 2.69. The Morgan fingerprint density at radius 2 is 2.20 bits per heavy atom. The number of nitrogens with two attached hydrogens (primary N) is 1. The number of rotatable bonds is 0. The number of nitrogens with zero attached hydrogens (tertiary/aromatic N) is 1. The van der Waals surface area contributed by atoms with Gasteiger partial charge in [-0.1, -0.05) is 18.2 Å². The molecule has 1 saturated carbocycles. The van der Waals surface area contributed by atoms with Gasteiger partial charge in [-0.05, 0) is 18.1 Å². The SMILES string of the molecule is CC(=O)N1CC2(CC2N)c2ccccc21. The molecule has 1 aliphatic carbocycles. The summed E-state index contributed by atoms with van der Waals surface area (Å²) in [5.74, 6) is 0.110. The van der Waals surface area contributed by atoms with Crippen LogP contribution in [-0.4, -0.2) is 18.5 Å². The van der Waals surface area contributed by atoms with Gasteiger partial charge in [0.05, 0.1) is 0 Å². The van der Waals surface area contributed by atoms with E-state index in [1.54, 1.807) is 6.92 Å². The summed E-state index contributed by atoms with van der Waals surface area (Å²) < 4.78 is 0. The lowest BCUT2D eigenvalue weighted by Gasteiger charge is -2.14. The van der Waals surface area contributed by atoms with Gasteiger partial charge in [0.2, 0.25) is 5.91 Å². The van der Waals surface area contributed by atoms with Gasteiger partial charge in [0.1, 0.15) is 0 Å². The number of benzene rings is 1. The first-order valence-corrected chi connectivity index (χ1v) is 5.28. The van der Waals surface area contributed by atoms with Gasteiger partial charge in [0.25, 0.3) is 0 Å². The molecule has 1 amide bonds. The second-order valence-corrected chi connectivity index (χ2v) is 4.59. The summed E-state index contributed by atoms with van der Waals surface area (Å²) in [7, 11) is 0. The zero-order valence-electron chi connectivity index (χ0n) is 8.73. The number of hydrogen-bond acceptors (Lipinski definition) is 2. The first-order chi connectivity index (χ1) is 7.15. The van der Waals surface area contributed by atoms with E-state index in [4.69, 9.17) is 5.73 Å². The van der Waals surface area contributed by atoms with Crippen LogP contribution in [0.1, 0.15) is 18.9 Å². The minimum absolute atomic E-state index is 0.0717. The fourth-order valence-corrected chi connectivity index (χ4v) is 2.69. The van der Waals surface area contributed by atoms with Gasteiger partial charge in [0.15, 0.2) is 0 Å². The predicted molar refractivity (Wildman–Crippen MR) is 58.7 cm³/mol. The van der Waals surface area contributed by atoms with Gasteiger partial charge >= 0.3 is 0 Å². The van der Waals surface area contributed by atoms with Crippen LogP contribution in [0.3, 0.4) is 0 Å². The van der Waals surface area contributed by atoms with Crippen molar-refractivity contribution in [1.29, 1.82) is 0 Å². The molecule has 1 heterocycles. The maximum Gasteiger partial charge on any atom is 0.223 e. The van der Waals surface area contributed by atoms with Crippen molar-refractivity contribution in [2.45, 2.75) is 24.8 Å². The Bertz CT molecular complexity index is 443. The second-order valence-electron chi connectivity index (χ2n) is 4.59. The Balaban J connectivity index is 2.13. The van der Waals surface area contributed by atoms with E-state index in [0.717, 1.165) is 18.7 Å². The van der Waals surface area contributed by atoms with E-state index < -0.39 is 0 Å². The summed E-state index contributed by atoms with van der Waals surface area (Å²) >= 11 is 0. The molecule has 3 nitrogen and oxygen atoms in total. The van der Waals surface area contributed by atoms with Crippen LogP contribution in [0.4, 0.5) is 5.69 Å². The van der Waals surface area contributed by atoms with Crippen molar-refractivity contribution in [2.75, 3.05) is 11.4 Å². The van der Waals surface area contributed by atoms with E-state index in [-0.39, 0.29) is 17.4 Å². The van der Waals surface area contributed by atoms with Gasteiger partial charge in [0, 0.05) is 30.6 Å². The highest BCUT2D eigenvalue weighted by molar-refractivity contribution is 5.95. The molecule has 1 spiro atoms. The van der Waals surface area contributed by atoms with Crippen LogP contribution in [-0.2, 0) is 10.2 Å². The Morgan fingerprint density at radius 1 is 1.53 bits per heavy atom. The molecule has 1 aliphatic heterocycles. The van der Waals surface area contributed by atoms with E-state index in [1.165, 1.54) is 5.56 Å². The largest absolute Gasteiger partial charge is 0.327 e. The normalized spacial score (nSPS) is 31.9. The van der Waals surface area contributed by atoms with E-state index in [1.807, 2.05) is 23.1 Å². The number of anilines is 1. The summed E-state index contributed by atoms with van der Waals surface area (Å²) in [6.45, 7) is 2.38. The lowest BCUT2D eigenvalue weighted by Crippen LogP contribution is -2.31. The molecule has 2 atom stereocenters. The Labute approximate surface area is 88.9 Å². The average Bonchev–Trinajstić information content (AvgIpc) is 2.72. The fraction of sp³-hybridized carbons (Fsp3) is 0.417. The smallest absolute Gasteiger partial charge is 0.223 e. The van der Waals surface area contributed by atoms with Crippen LogP contribution in [0.25, 0.3) is 0 Å². The summed E-state index contributed by atoms with van der Waals surface area (Å²) in [5.41, 5.74) is 8.38. The highest BCUT2D eigenvalue weighted by atomic mass is 16.2. The molecule has 1 aromatic rings. The third-order valence-electron chi connectivity index (χ3n) is 3.69. The van der Waals surface area contributed by atoms with Crippen molar-refractivity contribution in [1.82, 2.24) is 0 Å². The topological polar surface area (TPSA) is 46.3 Å². The minimum atomic E-state index is 0.0717. The summed E-state index contributed by atoms with van der Waals surface area (Å²) in [6, 6.07) is 8.33. The van der Waals surface area contributed by atoms with E-state index in [2.05, 4.69) is 6.07 Å². The molecule has 3 heteroatoms. The lowest BCUT2D eigenvalue weighted by molar-refractivity contribution is -0.116. The molecule has 2 aliphatic rings. The number of carbonyl (C=O) groups is 1. The number of amides is 1. The highest BCUT2D eigenvalue weighted by Crippen LogP contribution is 2.55. The summed E-state index contributed by atoms with van der Waals surface area (Å²) in [5, 5.41) is 0. The first kappa shape index (κ1) is 8.92. The Kier molecular flexibility index (Phi) is 1.55.